The predicted octanol–water partition coefficient (Wildman–Crippen LogP) is 4.06. The highest BCUT2D eigenvalue weighted by molar-refractivity contribution is 9.10. The Morgan fingerprint density at radius 3 is 3.05 bits per heavy atom. The number of rotatable bonds is 3. The maximum Gasteiger partial charge on any atom is 0.243 e. The van der Waals surface area contributed by atoms with Crippen molar-refractivity contribution in [3.8, 4) is 11.6 Å². The van der Waals surface area contributed by atoms with Crippen molar-refractivity contribution in [2.24, 2.45) is 5.73 Å². The number of ether oxygens (including phenoxy) is 1. The van der Waals surface area contributed by atoms with Crippen molar-refractivity contribution in [3.63, 3.8) is 0 Å². The quantitative estimate of drug-likeness (QED) is 0.768. The Kier molecular flexibility index (Phi) is 3.49. The number of hydrogen-bond acceptors (Lipinski definition) is 4. The molecule has 2 N–H and O–H groups in total. The Balaban J connectivity index is 2.02. The van der Waals surface area contributed by atoms with Crippen LogP contribution in [0.1, 0.15) is 5.69 Å². The summed E-state index contributed by atoms with van der Waals surface area (Å²) in [6, 6.07) is 5.33. The van der Waals surface area contributed by atoms with Gasteiger partial charge in [0.25, 0.3) is 0 Å². The van der Waals surface area contributed by atoms with E-state index in [0.29, 0.717) is 23.2 Å². The molecule has 0 saturated carbocycles. The third-order valence-electron chi connectivity index (χ3n) is 2.62. The highest BCUT2D eigenvalue weighted by atomic mass is 79.9. The van der Waals surface area contributed by atoms with Gasteiger partial charge in [-0.1, -0.05) is 11.6 Å². The summed E-state index contributed by atoms with van der Waals surface area (Å²) in [5.74, 6) is 1.18. The second-order valence-electron chi connectivity index (χ2n) is 3.80. The van der Waals surface area contributed by atoms with Gasteiger partial charge >= 0.3 is 0 Å². The van der Waals surface area contributed by atoms with Crippen LogP contribution in [0.5, 0.6) is 11.6 Å². The van der Waals surface area contributed by atoms with Crippen molar-refractivity contribution in [1.82, 2.24) is 9.38 Å². The van der Waals surface area contributed by atoms with E-state index in [1.54, 1.807) is 18.2 Å². The van der Waals surface area contributed by atoms with Gasteiger partial charge in [0.2, 0.25) is 5.88 Å². The van der Waals surface area contributed by atoms with E-state index in [1.165, 1.54) is 11.3 Å². The maximum atomic E-state index is 5.90. The lowest BCUT2D eigenvalue weighted by molar-refractivity contribution is 0.456. The van der Waals surface area contributed by atoms with Gasteiger partial charge in [0.05, 0.1) is 4.47 Å². The number of imidazole rings is 1. The van der Waals surface area contributed by atoms with Crippen molar-refractivity contribution in [1.29, 1.82) is 0 Å². The molecule has 0 atom stereocenters. The lowest BCUT2D eigenvalue weighted by Crippen LogP contribution is -2.01. The van der Waals surface area contributed by atoms with Gasteiger partial charge in [-0.2, -0.15) is 4.98 Å². The Bertz CT molecular complexity index is 740. The van der Waals surface area contributed by atoms with Gasteiger partial charge in [0.15, 0.2) is 4.96 Å². The predicted molar refractivity (Wildman–Crippen MR) is 80.2 cm³/mol. The topological polar surface area (TPSA) is 52.5 Å². The van der Waals surface area contributed by atoms with Crippen LogP contribution >= 0.6 is 38.9 Å². The van der Waals surface area contributed by atoms with Crippen LogP contribution in [0, 0.1) is 0 Å². The largest absolute Gasteiger partial charge is 0.436 e. The Hall–Kier alpha value is -1.08. The molecule has 98 valence electrons. The zero-order valence-corrected chi connectivity index (χ0v) is 12.8. The van der Waals surface area contributed by atoms with Crippen molar-refractivity contribution in [2.45, 2.75) is 6.54 Å². The van der Waals surface area contributed by atoms with Crippen LogP contribution in [0.4, 0.5) is 0 Å². The molecule has 0 radical (unpaired) electrons. The standard InChI is InChI=1S/C12H9BrClN3OS/c13-8-5-7(14)1-2-10(8)18-11-9(6-15)17-3-4-19-12(17)16-11/h1-5H,6,15H2. The van der Waals surface area contributed by atoms with Gasteiger partial charge < -0.3 is 10.5 Å². The molecule has 0 amide bonds. The molecule has 2 heterocycles. The van der Waals surface area contributed by atoms with E-state index in [1.807, 2.05) is 16.0 Å². The Labute approximate surface area is 126 Å². The van der Waals surface area contributed by atoms with Crippen LogP contribution in [0.15, 0.2) is 34.2 Å². The highest BCUT2D eigenvalue weighted by Gasteiger charge is 2.15. The minimum Gasteiger partial charge on any atom is -0.436 e. The smallest absolute Gasteiger partial charge is 0.243 e. The van der Waals surface area contributed by atoms with Gasteiger partial charge in [0.1, 0.15) is 11.4 Å². The Morgan fingerprint density at radius 1 is 1.47 bits per heavy atom. The SMILES string of the molecule is NCc1c(Oc2ccc(Cl)cc2Br)nc2sccn12. The van der Waals surface area contributed by atoms with Gasteiger partial charge in [0, 0.05) is 23.1 Å². The molecule has 3 aromatic rings. The van der Waals surface area contributed by atoms with E-state index in [0.717, 1.165) is 15.1 Å². The summed E-state index contributed by atoms with van der Waals surface area (Å²) in [5.41, 5.74) is 6.61. The molecular weight excluding hydrogens is 350 g/mol. The molecule has 0 unspecified atom stereocenters. The van der Waals surface area contributed by atoms with E-state index < -0.39 is 0 Å². The molecule has 0 saturated heterocycles. The maximum absolute atomic E-state index is 5.90. The van der Waals surface area contributed by atoms with E-state index in [2.05, 4.69) is 20.9 Å². The van der Waals surface area contributed by atoms with Crippen LogP contribution < -0.4 is 10.5 Å². The number of halogens is 2. The van der Waals surface area contributed by atoms with Crippen LogP contribution in [-0.4, -0.2) is 9.38 Å². The highest BCUT2D eigenvalue weighted by Crippen LogP contribution is 2.33. The second kappa shape index (κ2) is 5.13. The lowest BCUT2D eigenvalue weighted by Gasteiger charge is -2.07. The molecule has 1 aromatic carbocycles. The average molecular weight is 359 g/mol. The number of nitrogens with zero attached hydrogens (tertiary/aromatic N) is 2. The first-order valence-corrected chi connectivity index (χ1v) is 7.51. The van der Waals surface area contributed by atoms with E-state index in [9.17, 15) is 0 Å². The number of thiazole rings is 1. The zero-order valence-electron chi connectivity index (χ0n) is 9.64. The summed E-state index contributed by atoms with van der Waals surface area (Å²) in [5, 5.41) is 2.60. The molecule has 19 heavy (non-hydrogen) atoms. The number of nitrogens with two attached hydrogens (primary N) is 1. The number of benzene rings is 1. The summed E-state index contributed by atoms with van der Waals surface area (Å²) in [7, 11) is 0. The molecule has 0 fully saturated rings. The van der Waals surface area contributed by atoms with Crippen molar-refractivity contribution < 1.29 is 4.74 Å². The number of hydrogen-bond donors (Lipinski definition) is 1. The summed E-state index contributed by atoms with van der Waals surface area (Å²) in [4.78, 5) is 5.29. The first-order chi connectivity index (χ1) is 9.19. The molecule has 7 heteroatoms. The molecule has 0 aliphatic rings. The first kappa shape index (κ1) is 12.9. The van der Waals surface area contributed by atoms with Crippen LogP contribution in [0.2, 0.25) is 5.02 Å². The second-order valence-corrected chi connectivity index (χ2v) is 5.96. The van der Waals surface area contributed by atoms with Crippen molar-refractivity contribution >= 4 is 43.8 Å². The van der Waals surface area contributed by atoms with Crippen LogP contribution in [-0.2, 0) is 6.54 Å². The fourth-order valence-electron chi connectivity index (χ4n) is 1.74. The third-order valence-corrected chi connectivity index (χ3v) is 4.23. The number of aromatic nitrogens is 2. The normalized spacial score (nSPS) is 11.1. The van der Waals surface area contributed by atoms with Crippen molar-refractivity contribution in [2.75, 3.05) is 0 Å². The fraction of sp³-hybridized carbons (Fsp3) is 0.0833. The minimum atomic E-state index is 0.360. The molecule has 0 bridgehead atoms. The fourth-order valence-corrected chi connectivity index (χ4v) is 3.23. The summed E-state index contributed by atoms with van der Waals surface area (Å²) in [6.45, 7) is 0.360. The van der Waals surface area contributed by atoms with E-state index >= 15 is 0 Å². The first-order valence-electron chi connectivity index (χ1n) is 5.46. The van der Waals surface area contributed by atoms with E-state index in [-0.39, 0.29) is 0 Å². The molecule has 3 rings (SSSR count). The molecular formula is C12H9BrClN3OS. The molecule has 0 aliphatic carbocycles. The van der Waals surface area contributed by atoms with Crippen molar-refractivity contribution in [3.05, 3.63) is 45.0 Å². The van der Waals surface area contributed by atoms with E-state index in [4.69, 9.17) is 22.1 Å². The van der Waals surface area contributed by atoms with Gasteiger partial charge in [-0.3, -0.25) is 4.40 Å². The van der Waals surface area contributed by atoms with Gasteiger partial charge in [-0.25, -0.2) is 0 Å². The minimum absolute atomic E-state index is 0.360. The molecule has 0 aliphatic heterocycles. The van der Waals surface area contributed by atoms with Crippen LogP contribution in [0.25, 0.3) is 4.96 Å². The lowest BCUT2D eigenvalue weighted by atomic mass is 10.3. The summed E-state index contributed by atoms with van der Waals surface area (Å²) < 4.78 is 8.53. The Morgan fingerprint density at radius 2 is 2.32 bits per heavy atom. The zero-order chi connectivity index (χ0) is 13.4. The average Bonchev–Trinajstić information content (AvgIpc) is 2.92. The molecule has 4 nitrogen and oxygen atoms in total. The molecule has 2 aromatic heterocycles. The third kappa shape index (κ3) is 2.36. The molecule has 0 spiro atoms. The van der Waals surface area contributed by atoms with Gasteiger partial charge in [-0.15, -0.1) is 11.3 Å². The summed E-state index contributed by atoms with van der Waals surface area (Å²) in [6.07, 6.45) is 1.93. The number of fused-ring (bicyclic) bond motifs is 1. The van der Waals surface area contributed by atoms with Crippen LogP contribution in [0.3, 0.4) is 0 Å². The summed E-state index contributed by atoms with van der Waals surface area (Å²) >= 11 is 10.9. The van der Waals surface area contributed by atoms with Gasteiger partial charge in [-0.05, 0) is 34.1 Å². The monoisotopic (exact) mass is 357 g/mol.